The number of hydrogen-bond acceptors (Lipinski definition) is 5. The lowest BCUT2D eigenvalue weighted by Crippen LogP contribution is -2.26. The molecule has 1 aromatic heterocycles. The second-order valence-corrected chi connectivity index (χ2v) is 7.87. The predicted octanol–water partition coefficient (Wildman–Crippen LogP) is 3.06. The summed E-state index contributed by atoms with van der Waals surface area (Å²) in [5, 5.41) is 17.0. The van der Waals surface area contributed by atoms with Crippen LogP contribution in [0.2, 0.25) is 0 Å². The number of likely N-dealkylation sites (N-methyl/N-ethyl adjacent to an activating group) is 1. The molecule has 142 valence electrons. The van der Waals surface area contributed by atoms with Gasteiger partial charge in [-0.25, -0.2) is 14.6 Å². The maximum atomic E-state index is 9.55. The number of hydrogen-bond donors (Lipinski definition) is 2. The van der Waals surface area contributed by atoms with E-state index in [0.29, 0.717) is 18.2 Å². The van der Waals surface area contributed by atoms with E-state index in [2.05, 4.69) is 36.2 Å². The molecule has 2 aromatic rings. The lowest BCUT2D eigenvalue weighted by Gasteiger charge is -2.17. The molecule has 0 amide bonds. The molecule has 0 spiro atoms. The quantitative estimate of drug-likeness (QED) is 0.670. The highest BCUT2D eigenvalue weighted by molar-refractivity contribution is 7.12. The minimum Gasteiger partial charge on any atom is -0.478 e. The van der Waals surface area contributed by atoms with E-state index in [9.17, 15) is 9.59 Å². The van der Waals surface area contributed by atoms with E-state index >= 15 is 0 Å². The third kappa shape index (κ3) is 4.81. The van der Waals surface area contributed by atoms with E-state index in [-0.39, 0.29) is 0 Å². The Kier molecular flexibility index (Phi) is 6.03. The molecule has 0 bridgehead atoms. The van der Waals surface area contributed by atoms with Crippen LogP contribution in [0.15, 0.2) is 36.4 Å². The molecule has 2 heterocycles. The Bertz CT molecular complexity index is 859. The van der Waals surface area contributed by atoms with Crippen LogP contribution in [-0.2, 0) is 22.4 Å². The van der Waals surface area contributed by atoms with E-state index in [1.54, 1.807) is 0 Å². The van der Waals surface area contributed by atoms with Crippen molar-refractivity contribution in [3.05, 3.63) is 51.9 Å². The molecule has 0 radical (unpaired) electrons. The molecule has 1 atom stereocenters. The Morgan fingerprint density at radius 1 is 1.26 bits per heavy atom. The predicted molar refractivity (Wildman–Crippen MR) is 104 cm³/mol. The number of carboxylic acids is 2. The Balaban J connectivity index is 0.000000226. The number of rotatable bonds is 4. The van der Waals surface area contributed by atoms with Gasteiger partial charge in [0.2, 0.25) is 0 Å². The van der Waals surface area contributed by atoms with Gasteiger partial charge < -0.3 is 15.1 Å². The zero-order valence-corrected chi connectivity index (χ0v) is 15.9. The van der Waals surface area contributed by atoms with Gasteiger partial charge in [0, 0.05) is 41.5 Å². The second-order valence-electron chi connectivity index (χ2n) is 6.70. The standard InChI is InChI=1S/C16H18N2S.C4H4O4/c1-18-8-4-6-12(18)10-15-17-16-13-7-3-2-5-11(13)9-14(16)19-15;5-3(6)1-2-4(7)8/h2-3,5,7,12H,4,6,8-10H2,1H3;1-2H,(H,5,6)(H,7,8). The van der Waals surface area contributed by atoms with Gasteiger partial charge in [-0.2, -0.15) is 0 Å². The third-order valence-electron chi connectivity index (χ3n) is 4.82. The fraction of sp³-hybridized carbons (Fsp3) is 0.350. The largest absolute Gasteiger partial charge is 0.478 e. The molecule has 27 heavy (non-hydrogen) atoms. The maximum absolute atomic E-state index is 9.55. The number of benzene rings is 1. The smallest absolute Gasteiger partial charge is 0.328 e. The SMILES string of the molecule is CN1CCCC1Cc1nc2c(s1)Cc1ccccc1-2.O=C(O)C=CC(=O)O. The van der Waals surface area contributed by atoms with Crippen molar-refractivity contribution in [2.75, 3.05) is 13.6 Å². The lowest BCUT2D eigenvalue weighted by molar-refractivity contribution is -0.134. The van der Waals surface area contributed by atoms with Crippen molar-refractivity contribution < 1.29 is 19.8 Å². The van der Waals surface area contributed by atoms with Crippen LogP contribution in [0.1, 0.15) is 28.3 Å². The number of thiazole rings is 1. The van der Waals surface area contributed by atoms with Crippen LogP contribution in [0.3, 0.4) is 0 Å². The summed E-state index contributed by atoms with van der Waals surface area (Å²) in [6, 6.07) is 9.41. The monoisotopic (exact) mass is 386 g/mol. The molecule has 1 unspecified atom stereocenters. The molecule has 1 fully saturated rings. The Hall–Kier alpha value is -2.51. The van der Waals surface area contributed by atoms with E-state index in [0.717, 1.165) is 12.8 Å². The van der Waals surface area contributed by atoms with Gasteiger partial charge >= 0.3 is 11.9 Å². The summed E-state index contributed by atoms with van der Waals surface area (Å²) in [4.78, 5) is 28.0. The normalized spacial score (nSPS) is 18.0. The van der Waals surface area contributed by atoms with E-state index in [1.165, 1.54) is 46.1 Å². The minimum absolute atomic E-state index is 0.558. The fourth-order valence-electron chi connectivity index (χ4n) is 3.48. The second kappa shape index (κ2) is 8.45. The van der Waals surface area contributed by atoms with Crippen LogP contribution >= 0.6 is 11.3 Å². The molecule has 1 aliphatic heterocycles. The Labute approximate surface area is 161 Å². The van der Waals surface area contributed by atoms with Crippen molar-refractivity contribution in [2.24, 2.45) is 0 Å². The number of carboxylic acid groups (broad SMARTS) is 2. The molecule has 7 heteroatoms. The van der Waals surface area contributed by atoms with Crippen molar-refractivity contribution in [3.8, 4) is 11.3 Å². The first kappa shape index (κ1) is 19.3. The highest BCUT2D eigenvalue weighted by Crippen LogP contribution is 2.39. The number of fused-ring (bicyclic) bond motifs is 3. The number of aromatic nitrogens is 1. The van der Waals surface area contributed by atoms with Gasteiger partial charge in [0.05, 0.1) is 10.7 Å². The van der Waals surface area contributed by atoms with Gasteiger partial charge in [-0.3, -0.25) is 0 Å². The summed E-state index contributed by atoms with van der Waals surface area (Å²) in [5.41, 5.74) is 4.07. The first-order valence-corrected chi connectivity index (χ1v) is 9.66. The Morgan fingerprint density at radius 3 is 2.59 bits per heavy atom. The maximum Gasteiger partial charge on any atom is 0.328 e. The molecule has 1 aliphatic carbocycles. The average molecular weight is 386 g/mol. The van der Waals surface area contributed by atoms with Gasteiger partial charge in [-0.1, -0.05) is 24.3 Å². The van der Waals surface area contributed by atoms with Gasteiger partial charge in [0.1, 0.15) is 0 Å². The molecule has 0 saturated carbocycles. The highest BCUT2D eigenvalue weighted by atomic mass is 32.1. The lowest BCUT2D eigenvalue weighted by atomic mass is 10.1. The number of aliphatic carboxylic acids is 2. The molecular formula is C20H22N2O4S. The zero-order valence-electron chi connectivity index (χ0n) is 15.1. The third-order valence-corrected chi connectivity index (χ3v) is 5.89. The van der Waals surface area contributed by atoms with Gasteiger partial charge in [-0.05, 0) is 32.0 Å². The summed E-state index contributed by atoms with van der Waals surface area (Å²) < 4.78 is 0. The number of nitrogens with zero attached hydrogens (tertiary/aromatic N) is 2. The topological polar surface area (TPSA) is 90.7 Å². The molecule has 2 aliphatic rings. The first-order valence-electron chi connectivity index (χ1n) is 8.85. The number of likely N-dealkylation sites (tertiary alicyclic amines) is 1. The van der Waals surface area contributed by atoms with Crippen LogP contribution in [0.25, 0.3) is 11.3 Å². The molecule has 1 aromatic carbocycles. The van der Waals surface area contributed by atoms with Crippen molar-refractivity contribution in [3.63, 3.8) is 0 Å². The van der Waals surface area contributed by atoms with Crippen LogP contribution in [0.4, 0.5) is 0 Å². The van der Waals surface area contributed by atoms with Crippen LogP contribution in [0, 0.1) is 0 Å². The van der Waals surface area contributed by atoms with Gasteiger partial charge in [0.15, 0.2) is 0 Å². The van der Waals surface area contributed by atoms with Crippen LogP contribution in [-0.4, -0.2) is 51.7 Å². The number of carbonyl (C=O) groups is 2. The first-order chi connectivity index (χ1) is 12.9. The van der Waals surface area contributed by atoms with E-state index in [1.807, 2.05) is 11.3 Å². The van der Waals surface area contributed by atoms with E-state index in [4.69, 9.17) is 15.2 Å². The highest BCUT2D eigenvalue weighted by Gasteiger charge is 2.26. The summed E-state index contributed by atoms with van der Waals surface area (Å²) in [5.74, 6) is -2.51. The van der Waals surface area contributed by atoms with Gasteiger partial charge in [-0.15, -0.1) is 11.3 Å². The average Bonchev–Trinajstić information content (AvgIpc) is 3.29. The molecule has 6 nitrogen and oxygen atoms in total. The fourth-order valence-corrected chi connectivity index (χ4v) is 4.65. The van der Waals surface area contributed by atoms with Crippen LogP contribution < -0.4 is 0 Å². The Morgan fingerprint density at radius 2 is 1.96 bits per heavy atom. The summed E-state index contributed by atoms with van der Waals surface area (Å²) in [7, 11) is 2.24. The summed E-state index contributed by atoms with van der Waals surface area (Å²) in [6.45, 7) is 1.25. The molecule has 4 rings (SSSR count). The minimum atomic E-state index is -1.26. The van der Waals surface area contributed by atoms with Crippen LogP contribution in [0.5, 0.6) is 0 Å². The zero-order chi connectivity index (χ0) is 19.4. The molecule has 2 N–H and O–H groups in total. The van der Waals surface area contributed by atoms with Crippen molar-refractivity contribution >= 4 is 23.3 Å². The summed E-state index contributed by atoms with van der Waals surface area (Å²) >= 11 is 1.93. The molecule has 1 saturated heterocycles. The van der Waals surface area contributed by atoms with Gasteiger partial charge in [0.25, 0.3) is 0 Å². The summed E-state index contributed by atoms with van der Waals surface area (Å²) in [6.07, 6.45) is 6.01. The van der Waals surface area contributed by atoms with Crippen molar-refractivity contribution in [1.29, 1.82) is 0 Å². The van der Waals surface area contributed by atoms with Crippen molar-refractivity contribution in [1.82, 2.24) is 9.88 Å². The van der Waals surface area contributed by atoms with E-state index < -0.39 is 11.9 Å². The van der Waals surface area contributed by atoms with Crippen molar-refractivity contribution in [2.45, 2.75) is 31.7 Å². The molecular weight excluding hydrogens is 364 g/mol.